The van der Waals surface area contributed by atoms with Crippen LogP contribution in [0, 0.1) is 0 Å². The Hall–Kier alpha value is -2.00. The number of ether oxygens (including phenoxy) is 2. The molecular weight excluding hydrogens is 286 g/mol. The van der Waals surface area contributed by atoms with Gasteiger partial charge >= 0.3 is 0 Å². The predicted molar refractivity (Wildman–Crippen MR) is 93.3 cm³/mol. The fraction of sp³-hybridized carbons (Fsp3) is 0.400. The van der Waals surface area contributed by atoms with Crippen molar-refractivity contribution in [2.24, 2.45) is 0 Å². The molecule has 0 spiro atoms. The maximum Gasteiger partial charge on any atom is 0.119 e. The summed E-state index contributed by atoms with van der Waals surface area (Å²) in [4.78, 5) is 2.42. The first-order valence-corrected chi connectivity index (χ1v) is 8.28. The first-order valence-electron chi connectivity index (χ1n) is 8.28. The lowest BCUT2D eigenvalue weighted by Crippen LogP contribution is -2.42. The summed E-state index contributed by atoms with van der Waals surface area (Å²) in [5.41, 5.74) is 1.45. The number of likely N-dealkylation sites (tertiary alicyclic amines) is 1. The molecule has 3 rings (SSSR count). The normalized spacial score (nSPS) is 21.8. The van der Waals surface area contributed by atoms with E-state index in [1.807, 2.05) is 24.3 Å². The first kappa shape index (κ1) is 15.9. The molecule has 1 fully saturated rings. The molecule has 3 nitrogen and oxygen atoms in total. The minimum Gasteiger partial charge on any atom is -0.497 e. The summed E-state index contributed by atoms with van der Waals surface area (Å²) in [6.45, 7) is 1.85. The summed E-state index contributed by atoms with van der Waals surface area (Å²) in [5.74, 6) is 2.40. The van der Waals surface area contributed by atoms with Crippen molar-refractivity contribution in [2.75, 3.05) is 27.3 Å². The quantitative estimate of drug-likeness (QED) is 0.834. The first-order chi connectivity index (χ1) is 11.3. The van der Waals surface area contributed by atoms with Crippen LogP contribution in [0.3, 0.4) is 0 Å². The van der Waals surface area contributed by atoms with Gasteiger partial charge in [0.2, 0.25) is 0 Å². The highest BCUT2D eigenvalue weighted by Crippen LogP contribution is 2.31. The number of piperidine rings is 1. The number of hydrogen-bond acceptors (Lipinski definition) is 3. The molecule has 0 N–H and O–H groups in total. The van der Waals surface area contributed by atoms with Gasteiger partial charge in [0.15, 0.2) is 0 Å². The van der Waals surface area contributed by atoms with Crippen molar-refractivity contribution in [2.45, 2.75) is 24.8 Å². The lowest BCUT2D eigenvalue weighted by Gasteiger charge is -2.37. The molecule has 2 atom stereocenters. The fourth-order valence-corrected chi connectivity index (χ4v) is 3.26. The van der Waals surface area contributed by atoms with Gasteiger partial charge in [-0.1, -0.05) is 30.3 Å². The Morgan fingerprint density at radius 3 is 2.39 bits per heavy atom. The zero-order chi connectivity index (χ0) is 16.1. The van der Waals surface area contributed by atoms with Crippen molar-refractivity contribution in [3.63, 3.8) is 0 Å². The van der Waals surface area contributed by atoms with E-state index in [2.05, 4.69) is 42.3 Å². The molecule has 3 heteroatoms. The molecule has 122 valence electrons. The summed E-state index contributed by atoms with van der Waals surface area (Å²) in [5, 5.41) is 0. The van der Waals surface area contributed by atoms with Crippen molar-refractivity contribution in [3.8, 4) is 11.5 Å². The minimum atomic E-state index is 0.455. The van der Waals surface area contributed by atoms with Crippen molar-refractivity contribution in [1.29, 1.82) is 0 Å². The highest BCUT2D eigenvalue weighted by molar-refractivity contribution is 5.31. The Labute approximate surface area is 138 Å². The Bertz CT molecular complexity index is 597. The van der Waals surface area contributed by atoms with Crippen LogP contribution in [0.2, 0.25) is 0 Å². The number of nitrogens with zero attached hydrogens (tertiary/aromatic N) is 1. The molecule has 0 amide bonds. The van der Waals surface area contributed by atoms with Crippen LogP contribution in [0.15, 0.2) is 54.6 Å². The number of hydrogen-bond donors (Lipinski definition) is 0. The highest BCUT2D eigenvalue weighted by Gasteiger charge is 2.27. The van der Waals surface area contributed by atoms with Crippen LogP contribution in [0.1, 0.15) is 24.3 Å². The third-order valence-electron chi connectivity index (χ3n) is 4.78. The number of rotatable bonds is 5. The average Bonchev–Trinajstić information content (AvgIpc) is 2.62. The second kappa shape index (κ2) is 7.51. The van der Waals surface area contributed by atoms with Gasteiger partial charge in [-0.05, 0) is 62.2 Å². The molecule has 0 saturated carbocycles. The van der Waals surface area contributed by atoms with Crippen LogP contribution in [-0.2, 0) is 0 Å². The van der Waals surface area contributed by atoms with Crippen LogP contribution in [0.4, 0.5) is 0 Å². The van der Waals surface area contributed by atoms with Crippen LogP contribution in [0.5, 0.6) is 11.5 Å². The number of benzene rings is 2. The fourth-order valence-electron chi connectivity index (χ4n) is 3.26. The van der Waals surface area contributed by atoms with Crippen molar-refractivity contribution in [1.82, 2.24) is 4.90 Å². The topological polar surface area (TPSA) is 21.7 Å². The summed E-state index contributed by atoms with van der Waals surface area (Å²) < 4.78 is 11.2. The maximum absolute atomic E-state index is 6.00. The maximum atomic E-state index is 6.00. The van der Waals surface area contributed by atoms with Gasteiger partial charge < -0.3 is 9.47 Å². The van der Waals surface area contributed by atoms with E-state index in [0.717, 1.165) is 31.1 Å². The Morgan fingerprint density at radius 2 is 1.70 bits per heavy atom. The van der Waals surface area contributed by atoms with E-state index in [-0.39, 0.29) is 0 Å². The third-order valence-corrected chi connectivity index (χ3v) is 4.78. The van der Waals surface area contributed by atoms with E-state index in [1.54, 1.807) is 7.11 Å². The summed E-state index contributed by atoms with van der Waals surface area (Å²) >= 11 is 0. The van der Waals surface area contributed by atoms with Crippen LogP contribution in [-0.4, -0.2) is 38.3 Å². The smallest absolute Gasteiger partial charge is 0.119 e. The SMILES string of the molecule is COc1ccc(OC[C@@H]2C[C@@H](c3ccccc3)CCN2C)cc1. The van der Waals surface area contributed by atoms with Gasteiger partial charge in [0, 0.05) is 6.04 Å². The molecule has 0 aromatic heterocycles. The molecule has 0 unspecified atom stereocenters. The van der Waals surface area contributed by atoms with Crippen LogP contribution in [0.25, 0.3) is 0 Å². The second-order valence-electron chi connectivity index (χ2n) is 6.25. The summed E-state index contributed by atoms with van der Waals surface area (Å²) in [6, 6.07) is 19.1. The van der Waals surface area contributed by atoms with Crippen molar-refractivity contribution < 1.29 is 9.47 Å². The molecule has 1 aliphatic rings. The standard InChI is InChI=1S/C20H25NO2/c1-21-13-12-17(16-6-4-3-5-7-16)14-18(21)15-23-20-10-8-19(22-2)9-11-20/h3-11,17-18H,12-15H2,1-2H3/t17-,18-/m0/s1. The zero-order valence-corrected chi connectivity index (χ0v) is 13.9. The Balaban J connectivity index is 1.59. The minimum absolute atomic E-state index is 0.455. The summed E-state index contributed by atoms with van der Waals surface area (Å²) in [7, 11) is 3.87. The number of methoxy groups -OCH3 is 1. The molecule has 0 radical (unpaired) electrons. The Morgan fingerprint density at radius 1 is 1.00 bits per heavy atom. The van der Waals surface area contributed by atoms with E-state index in [0.29, 0.717) is 12.0 Å². The van der Waals surface area contributed by atoms with Gasteiger partial charge in [0.05, 0.1) is 7.11 Å². The zero-order valence-electron chi connectivity index (χ0n) is 13.9. The summed E-state index contributed by atoms with van der Waals surface area (Å²) in [6.07, 6.45) is 2.37. The largest absolute Gasteiger partial charge is 0.497 e. The molecule has 1 aliphatic heterocycles. The highest BCUT2D eigenvalue weighted by atomic mass is 16.5. The van der Waals surface area contributed by atoms with Crippen LogP contribution >= 0.6 is 0 Å². The molecule has 2 aromatic rings. The van der Waals surface area contributed by atoms with E-state index in [9.17, 15) is 0 Å². The predicted octanol–water partition coefficient (Wildman–Crippen LogP) is 3.95. The molecule has 2 aromatic carbocycles. The molecule has 1 heterocycles. The molecule has 0 bridgehead atoms. The van der Waals surface area contributed by atoms with Gasteiger partial charge in [-0.2, -0.15) is 0 Å². The number of likely N-dealkylation sites (N-methyl/N-ethyl adjacent to an activating group) is 1. The molecule has 1 saturated heterocycles. The van der Waals surface area contributed by atoms with E-state index >= 15 is 0 Å². The van der Waals surface area contributed by atoms with Gasteiger partial charge in [-0.15, -0.1) is 0 Å². The molecular formula is C20H25NO2. The molecule has 23 heavy (non-hydrogen) atoms. The third kappa shape index (κ3) is 4.05. The Kier molecular flexibility index (Phi) is 5.19. The average molecular weight is 311 g/mol. The van der Waals surface area contributed by atoms with Crippen molar-refractivity contribution >= 4 is 0 Å². The van der Waals surface area contributed by atoms with Crippen molar-refractivity contribution in [3.05, 3.63) is 60.2 Å². The molecule has 0 aliphatic carbocycles. The van der Waals surface area contributed by atoms with Gasteiger partial charge in [0.25, 0.3) is 0 Å². The van der Waals surface area contributed by atoms with Gasteiger partial charge in [-0.3, -0.25) is 4.90 Å². The lowest BCUT2D eigenvalue weighted by atomic mass is 9.86. The van der Waals surface area contributed by atoms with E-state index < -0.39 is 0 Å². The monoisotopic (exact) mass is 311 g/mol. The van der Waals surface area contributed by atoms with Gasteiger partial charge in [0.1, 0.15) is 18.1 Å². The van der Waals surface area contributed by atoms with Gasteiger partial charge in [-0.25, -0.2) is 0 Å². The van der Waals surface area contributed by atoms with E-state index in [4.69, 9.17) is 9.47 Å². The second-order valence-corrected chi connectivity index (χ2v) is 6.25. The van der Waals surface area contributed by atoms with Crippen LogP contribution < -0.4 is 9.47 Å². The van der Waals surface area contributed by atoms with E-state index in [1.165, 1.54) is 12.0 Å². The lowest BCUT2D eigenvalue weighted by molar-refractivity contribution is 0.114.